The van der Waals surface area contributed by atoms with Crippen LogP contribution in [0.1, 0.15) is 50.5 Å². The third kappa shape index (κ3) is 3.16. The molecule has 0 radical (unpaired) electrons. The van der Waals surface area contributed by atoms with Crippen LogP contribution in [0.2, 0.25) is 0 Å². The first-order chi connectivity index (χ1) is 8.19. The van der Waals surface area contributed by atoms with E-state index in [1.165, 1.54) is 6.42 Å². The summed E-state index contributed by atoms with van der Waals surface area (Å²) in [5, 5.41) is 3.20. The van der Waals surface area contributed by atoms with Crippen molar-refractivity contribution in [2.24, 2.45) is 5.92 Å². The molecule has 0 saturated heterocycles. The molecule has 4 heteroatoms. The van der Waals surface area contributed by atoms with E-state index in [2.05, 4.69) is 22.2 Å². The van der Waals surface area contributed by atoms with Crippen LogP contribution in [-0.2, 0) is 6.54 Å². The maximum atomic E-state index is 11.6. The van der Waals surface area contributed by atoms with Crippen molar-refractivity contribution in [3.63, 3.8) is 0 Å². The molecule has 94 valence electrons. The van der Waals surface area contributed by atoms with E-state index in [-0.39, 0.29) is 5.56 Å². The van der Waals surface area contributed by atoms with Gasteiger partial charge in [-0.3, -0.25) is 4.79 Å². The Kier molecular flexibility index (Phi) is 3.94. The zero-order valence-electron chi connectivity index (χ0n) is 10.6. The molecule has 0 aliphatic heterocycles. The third-order valence-electron chi connectivity index (χ3n) is 3.45. The Hall–Kier alpha value is -1.16. The highest BCUT2D eigenvalue weighted by Crippen LogP contribution is 2.35. The highest BCUT2D eigenvalue weighted by molar-refractivity contribution is 5.07. The molecular weight excluding hydrogens is 214 g/mol. The number of aromatic nitrogens is 2. The summed E-state index contributed by atoms with van der Waals surface area (Å²) < 4.78 is 0. The van der Waals surface area contributed by atoms with Crippen LogP contribution in [0.4, 0.5) is 0 Å². The van der Waals surface area contributed by atoms with Crippen LogP contribution in [-0.4, -0.2) is 16.5 Å². The minimum atomic E-state index is -0.0255. The third-order valence-corrected chi connectivity index (χ3v) is 3.45. The van der Waals surface area contributed by atoms with Gasteiger partial charge in [0, 0.05) is 18.5 Å². The summed E-state index contributed by atoms with van der Waals surface area (Å²) >= 11 is 0. The first kappa shape index (κ1) is 12.3. The van der Waals surface area contributed by atoms with Crippen LogP contribution >= 0.6 is 0 Å². The second kappa shape index (κ2) is 5.45. The number of aromatic amines is 1. The molecule has 2 rings (SSSR count). The largest absolute Gasteiger partial charge is 0.311 e. The average molecular weight is 235 g/mol. The van der Waals surface area contributed by atoms with Crippen molar-refractivity contribution < 1.29 is 0 Å². The molecule has 4 nitrogen and oxygen atoms in total. The molecule has 1 aliphatic carbocycles. The van der Waals surface area contributed by atoms with E-state index in [9.17, 15) is 4.79 Å². The van der Waals surface area contributed by atoms with Gasteiger partial charge in [-0.25, -0.2) is 4.98 Å². The second-order valence-corrected chi connectivity index (χ2v) is 5.02. The zero-order chi connectivity index (χ0) is 12.3. The van der Waals surface area contributed by atoms with Gasteiger partial charge in [0.2, 0.25) is 0 Å². The molecule has 1 aromatic heterocycles. The van der Waals surface area contributed by atoms with Crippen LogP contribution < -0.4 is 10.9 Å². The standard InChI is InChI=1S/C13H21N3O/c1-3-14-8-11-7-12(17)16-13(15-11)10-5-4-9(2)6-10/h7,9-10,14H,3-6,8H2,1-2H3,(H,15,16,17). The number of nitrogens with one attached hydrogen (secondary N) is 2. The molecular formula is C13H21N3O. The molecule has 1 aromatic rings. The van der Waals surface area contributed by atoms with Crippen molar-refractivity contribution in [1.82, 2.24) is 15.3 Å². The van der Waals surface area contributed by atoms with Gasteiger partial charge < -0.3 is 10.3 Å². The van der Waals surface area contributed by atoms with E-state index in [0.717, 1.165) is 36.8 Å². The van der Waals surface area contributed by atoms with Crippen molar-refractivity contribution in [3.8, 4) is 0 Å². The van der Waals surface area contributed by atoms with E-state index in [4.69, 9.17) is 0 Å². The van der Waals surface area contributed by atoms with Crippen molar-refractivity contribution in [2.75, 3.05) is 6.54 Å². The lowest BCUT2D eigenvalue weighted by atomic mass is 10.1. The van der Waals surface area contributed by atoms with Crippen molar-refractivity contribution >= 4 is 0 Å². The number of hydrogen-bond acceptors (Lipinski definition) is 3. The minimum absolute atomic E-state index is 0.0255. The predicted molar refractivity (Wildman–Crippen MR) is 68.0 cm³/mol. The molecule has 0 spiro atoms. The maximum absolute atomic E-state index is 11.6. The molecule has 2 atom stereocenters. The van der Waals surface area contributed by atoms with Crippen molar-refractivity contribution in [1.29, 1.82) is 0 Å². The Morgan fingerprint density at radius 1 is 1.53 bits per heavy atom. The van der Waals surface area contributed by atoms with E-state index in [0.29, 0.717) is 12.5 Å². The lowest BCUT2D eigenvalue weighted by molar-refractivity contribution is 0.580. The van der Waals surface area contributed by atoms with Crippen LogP contribution in [0.25, 0.3) is 0 Å². The number of hydrogen-bond donors (Lipinski definition) is 2. The molecule has 1 heterocycles. The summed E-state index contributed by atoms with van der Waals surface area (Å²) in [5.74, 6) is 2.08. The van der Waals surface area contributed by atoms with E-state index < -0.39 is 0 Å². The number of nitrogens with zero attached hydrogens (tertiary/aromatic N) is 1. The zero-order valence-corrected chi connectivity index (χ0v) is 10.6. The molecule has 1 aliphatic rings. The SMILES string of the molecule is CCNCc1cc(=O)[nH]c(C2CCC(C)C2)n1. The minimum Gasteiger partial charge on any atom is -0.311 e. The maximum Gasteiger partial charge on any atom is 0.251 e. The molecule has 2 unspecified atom stereocenters. The van der Waals surface area contributed by atoms with Gasteiger partial charge in [-0.1, -0.05) is 13.8 Å². The summed E-state index contributed by atoms with van der Waals surface area (Å²) in [5.41, 5.74) is 0.826. The monoisotopic (exact) mass is 235 g/mol. The van der Waals surface area contributed by atoms with E-state index in [1.54, 1.807) is 6.07 Å². The van der Waals surface area contributed by atoms with Gasteiger partial charge in [0.15, 0.2) is 0 Å². The summed E-state index contributed by atoms with van der Waals surface area (Å²) in [6.07, 6.45) is 3.54. The van der Waals surface area contributed by atoms with Crippen LogP contribution in [0.15, 0.2) is 10.9 Å². The van der Waals surface area contributed by atoms with E-state index in [1.807, 2.05) is 6.92 Å². The van der Waals surface area contributed by atoms with Crippen LogP contribution in [0.3, 0.4) is 0 Å². The molecule has 0 aromatic carbocycles. The highest BCUT2D eigenvalue weighted by atomic mass is 16.1. The number of H-pyrrole nitrogens is 1. The quantitative estimate of drug-likeness (QED) is 0.836. The lowest BCUT2D eigenvalue weighted by Gasteiger charge is -2.10. The van der Waals surface area contributed by atoms with Gasteiger partial charge in [0.25, 0.3) is 5.56 Å². The van der Waals surface area contributed by atoms with Gasteiger partial charge in [-0.2, -0.15) is 0 Å². The highest BCUT2D eigenvalue weighted by Gasteiger charge is 2.24. The van der Waals surface area contributed by atoms with Gasteiger partial charge in [0.05, 0.1) is 5.69 Å². The summed E-state index contributed by atoms with van der Waals surface area (Å²) in [6, 6.07) is 1.59. The predicted octanol–water partition coefficient (Wildman–Crippen LogP) is 1.78. The molecule has 17 heavy (non-hydrogen) atoms. The fraction of sp³-hybridized carbons (Fsp3) is 0.692. The topological polar surface area (TPSA) is 57.8 Å². The Balaban J connectivity index is 2.16. The Morgan fingerprint density at radius 2 is 2.35 bits per heavy atom. The Morgan fingerprint density at radius 3 is 3.00 bits per heavy atom. The summed E-state index contributed by atoms with van der Waals surface area (Å²) in [4.78, 5) is 19.1. The first-order valence-electron chi connectivity index (χ1n) is 6.50. The smallest absolute Gasteiger partial charge is 0.251 e. The fourth-order valence-corrected chi connectivity index (χ4v) is 2.52. The Bertz CT molecular complexity index is 427. The van der Waals surface area contributed by atoms with Crippen molar-refractivity contribution in [2.45, 2.75) is 45.6 Å². The summed E-state index contributed by atoms with van der Waals surface area (Å²) in [7, 11) is 0. The molecule has 2 N–H and O–H groups in total. The average Bonchev–Trinajstić information content (AvgIpc) is 2.72. The van der Waals surface area contributed by atoms with Gasteiger partial charge in [-0.05, 0) is 31.7 Å². The normalized spacial score (nSPS) is 24.1. The van der Waals surface area contributed by atoms with Gasteiger partial charge in [-0.15, -0.1) is 0 Å². The van der Waals surface area contributed by atoms with E-state index >= 15 is 0 Å². The van der Waals surface area contributed by atoms with Crippen LogP contribution in [0, 0.1) is 5.92 Å². The molecule has 0 amide bonds. The molecule has 0 bridgehead atoms. The fourth-order valence-electron chi connectivity index (χ4n) is 2.52. The van der Waals surface area contributed by atoms with Gasteiger partial charge in [0.1, 0.15) is 5.82 Å². The Labute approximate surface area is 102 Å². The molecule has 1 saturated carbocycles. The molecule has 1 fully saturated rings. The second-order valence-electron chi connectivity index (χ2n) is 5.02. The first-order valence-corrected chi connectivity index (χ1v) is 6.50. The summed E-state index contributed by atoms with van der Waals surface area (Å²) in [6.45, 7) is 5.88. The van der Waals surface area contributed by atoms with Crippen LogP contribution in [0.5, 0.6) is 0 Å². The van der Waals surface area contributed by atoms with Crippen molar-refractivity contribution in [3.05, 3.63) is 27.9 Å². The van der Waals surface area contributed by atoms with Gasteiger partial charge >= 0.3 is 0 Å². The lowest BCUT2D eigenvalue weighted by Crippen LogP contribution is -2.19. The number of rotatable bonds is 4.